The Morgan fingerprint density at radius 3 is 2.13 bits per heavy atom. The van der Waals surface area contributed by atoms with Gasteiger partial charge in [-0.1, -0.05) is 61.0 Å². The van der Waals surface area contributed by atoms with Gasteiger partial charge in [-0.15, -0.1) is 11.3 Å². The Hall–Kier alpha value is -3.07. The van der Waals surface area contributed by atoms with E-state index in [-0.39, 0.29) is 60.4 Å². The first-order chi connectivity index (χ1) is 24.5. The number of carboxylic acids is 1. The maximum absolute atomic E-state index is 14.3. The van der Waals surface area contributed by atoms with Crippen LogP contribution in [0.2, 0.25) is 0 Å². The minimum absolute atomic E-state index is 0.00957. The second-order valence-corrected chi connectivity index (χ2v) is 16.4. The van der Waals surface area contributed by atoms with Crippen LogP contribution in [0, 0.1) is 29.6 Å². The number of piperidine rings is 1. The van der Waals surface area contributed by atoms with Crippen LogP contribution >= 0.6 is 11.3 Å². The molecular formula is C38H63N5O8S. The van der Waals surface area contributed by atoms with Crippen LogP contribution in [-0.4, -0.2) is 121 Å². The lowest BCUT2D eigenvalue weighted by molar-refractivity contribution is -0.149. The lowest BCUT2D eigenvalue weighted by Crippen LogP contribution is -2.59. The van der Waals surface area contributed by atoms with Crippen molar-refractivity contribution in [3.8, 4) is 0 Å². The van der Waals surface area contributed by atoms with Crippen molar-refractivity contribution < 1.29 is 38.6 Å². The molecule has 1 aliphatic carbocycles. The average Bonchev–Trinajstić information content (AvgIpc) is 3.45. The molecule has 294 valence electrons. The number of carbonyl (C=O) groups excluding carboxylic acids is 4. The second kappa shape index (κ2) is 19.3. The summed E-state index contributed by atoms with van der Waals surface area (Å²) >= 11 is 1.43. The molecule has 1 aromatic rings. The molecule has 13 nitrogen and oxygen atoms in total. The van der Waals surface area contributed by atoms with Crippen LogP contribution in [-0.2, 0) is 39.9 Å². The van der Waals surface area contributed by atoms with Gasteiger partial charge in [-0.2, -0.15) is 0 Å². The van der Waals surface area contributed by atoms with E-state index < -0.39 is 54.2 Å². The molecule has 3 rings (SSSR count). The molecule has 2 heterocycles. The summed E-state index contributed by atoms with van der Waals surface area (Å²) in [4.78, 5) is 71.6. The molecule has 8 unspecified atom stereocenters. The topological polar surface area (TPSA) is 167 Å². The van der Waals surface area contributed by atoms with Crippen LogP contribution < -0.4 is 16.0 Å². The summed E-state index contributed by atoms with van der Waals surface area (Å²) in [6, 6.07) is 0.523. The van der Waals surface area contributed by atoms with Gasteiger partial charge in [0.25, 0.3) is 0 Å². The number of ether oxygens (including phenoxy) is 2. The average molecular weight is 750 g/mol. The van der Waals surface area contributed by atoms with Crippen molar-refractivity contribution in [2.75, 3.05) is 28.3 Å². The van der Waals surface area contributed by atoms with Crippen molar-refractivity contribution in [2.24, 2.45) is 29.6 Å². The fourth-order valence-electron chi connectivity index (χ4n) is 7.88. The van der Waals surface area contributed by atoms with E-state index in [2.05, 4.69) is 16.0 Å². The van der Waals surface area contributed by atoms with E-state index in [1.807, 2.05) is 64.0 Å². The summed E-state index contributed by atoms with van der Waals surface area (Å²) in [6.07, 6.45) is 1.15. The first kappa shape index (κ1) is 43.3. The van der Waals surface area contributed by atoms with Gasteiger partial charge in [-0.25, -0.2) is 4.79 Å². The highest BCUT2D eigenvalue weighted by atomic mass is 32.1. The van der Waals surface area contributed by atoms with Crippen LogP contribution in [0.1, 0.15) is 79.0 Å². The highest BCUT2D eigenvalue weighted by Gasteiger charge is 2.57. The number of carbonyl (C=O) groups is 5. The number of methoxy groups -OCH3 is 2. The number of thiophene rings is 1. The third kappa shape index (κ3) is 10.3. The minimum atomic E-state index is -1.12. The lowest BCUT2D eigenvalue weighted by Gasteiger charge is -2.41. The zero-order valence-electron chi connectivity index (χ0n) is 32.9. The number of aliphatic carboxylic acids is 1. The Balaban J connectivity index is 1.80. The van der Waals surface area contributed by atoms with Gasteiger partial charge in [0.1, 0.15) is 12.1 Å². The number of likely N-dealkylation sites (tertiary alicyclic amines) is 1. The smallest absolute Gasteiger partial charge is 0.326 e. The predicted octanol–water partition coefficient (Wildman–Crippen LogP) is 3.16. The molecule has 1 aromatic heterocycles. The SMILES string of the molecule is CCC(C)C(C(CC(=O)N1[C@H](C(OC)C(C)C(=O)NC(Cc2cccs2)C(=O)O)C[C@@H]2C[C@@H]21)OC)N(C)C(=O)C(NC(=O)C(NC)C(C)C)C(C)C. The molecule has 0 aromatic carbocycles. The Labute approximate surface area is 313 Å². The normalized spacial score (nSPS) is 22.8. The van der Waals surface area contributed by atoms with Gasteiger partial charge in [0.2, 0.25) is 23.6 Å². The molecule has 1 saturated carbocycles. The van der Waals surface area contributed by atoms with Gasteiger partial charge in [0.05, 0.1) is 42.7 Å². The monoisotopic (exact) mass is 749 g/mol. The number of likely N-dealkylation sites (N-methyl/N-ethyl adjacent to an activating group) is 2. The molecule has 52 heavy (non-hydrogen) atoms. The fourth-order valence-corrected chi connectivity index (χ4v) is 8.64. The van der Waals surface area contributed by atoms with E-state index in [4.69, 9.17) is 9.47 Å². The third-order valence-electron chi connectivity index (χ3n) is 11.2. The predicted molar refractivity (Wildman–Crippen MR) is 201 cm³/mol. The molecule has 1 aliphatic heterocycles. The highest BCUT2D eigenvalue weighted by Crippen LogP contribution is 2.50. The third-order valence-corrected chi connectivity index (χ3v) is 12.1. The van der Waals surface area contributed by atoms with E-state index in [0.29, 0.717) is 12.3 Å². The van der Waals surface area contributed by atoms with Gasteiger partial charge >= 0.3 is 5.97 Å². The van der Waals surface area contributed by atoms with E-state index in [0.717, 1.165) is 17.7 Å². The van der Waals surface area contributed by atoms with E-state index in [1.54, 1.807) is 33.0 Å². The zero-order valence-corrected chi connectivity index (χ0v) is 33.7. The quantitative estimate of drug-likeness (QED) is 0.148. The zero-order chi connectivity index (χ0) is 39.0. The number of fused-ring (bicyclic) bond motifs is 1. The Morgan fingerprint density at radius 1 is 0.981 bits per heavy atom. The molecule has 0 spiro atoms. The van der Waals surface area contributed by atoms with Crippen LogP contribution in [0.25, 0.3) is 0 Å². The van der Waals surface area contributed by atoms with Gasteiger partial charge in [-0.3, -0.25) is 19.2 Å². The molecule has 4 amide bonds. The molecule has 0 bridgehead atoms. The van der Waals surface area contributed by atoms with Crippen molar-refractivity contribution in [1.82, 2.24) is 25.8 Å². The molecule has 11 atom stereocenters. The maximum atomic E-state index is 14.3. The first-order valence-corrected chi connectivity index (χ1v) is 19.6. The fraction of sp³-hybridized carbons (Fsp3) is 0.763. The van der Waals surface area contributed by atoms with E-state index in [1.165, 1.54) is 18.4 Å². The van der Waals surface area contributed by atoms with Crippen molar-refractivity contribution >= 4 is 40.9 Å². The molecule has 2 fully saturated rings. The van der Waals surface area contributed by atoms with Crippen LogP contribution in [0.3, 0.4) is 0 Å². The van der Waals surface area contributed by atoms with Crippen LogP contribution in [0.4, 0.5) is 0 Å². The van der Waals surface area contributed by atoms with Crippen molar-refractivity contribution in [3.05, 3.63) is 22.4 Å². The Kier molecular flexibility index (Phi) is 16.1. The number of nitrogens with one attached hydrogen (secondary N) is 3. The molecule has 2 aliphatic rings. The molecular weight excluding hydrogens is 687 g/mol. The number of carboxylic acid groups (broad SMARTS) is 1. The summed E-state index contributed by atoms with van der Waals surface area (Å²) in [5.74, 6) is -2.84. The standard InChI is InChI=1S/C38H63N5O8S/c1-12-22(6)33(42(9)37(47)32(21(4)5)41-36(46)31(39-8)20(2)3)29(50-10)19-30(44)43-27-16-24(27)17-28(43)34(51-11)23(7)35(45)40-26(38(48)49)18-25-14-13-15-52-25/h13-15,20-24,26-29,31-34,39H,12,16-19H2,1-11H3,(H,40,45)(H,41,46)(H,48,49)/t22?,23?,24-,26?,27-,28-,29?,31?,32?,33?,34?/m0/s1. The number of rotatable bonds is 21. The van der Waals surface area contributed by atoms with Crippen molar-refractivity contribution in [3.63, 3.8) is 0 Å². The summed E-state index contributed by atoms with van der Waals surface area (Å²) in [5.41, 5.74) is 0. The van der Waals surface area contributed by atoms with Gasteiger partial charge in [-0.05, 0) is 55.0 Å². The highest BCUT2D eigenvalue weighted by molar-refractivity contribution is 7.09. The van der Waals surface area contributed by atoms with Crippen LogP contribution in [0.15, 0.2) is 17.5 Å². The van der Waals surface area contributed by atoms with E-state index in [9.17, 15) is 29.1 Å². The molecule has 4 N–H and O–H groups in total. The molecule has 14 heteroatoms. The number of amides is 4. The number of nitrogens with zero attached hydrogens (tertiary/aromatic N) is 2. The van der Waals surface area contributed by atoms with Crippen molar-refractivity contribution in [1.29, 1.82) is 0 Å². The molecule has 0 radical (unpaired) electrons. The summed E-state index contributed by atoms with van der Waals surface area (Å²) < 4.78 is 11.9. The first-order valence-electron chi connectivity index (χ1n) is 18.7. The lowest BCUT2D eigenvalue weighted by atomic mass is 9.89. The molecule has 1 saturated heterocycles. The van der Waals surface area contributed by atoms with E-state index >= 15 is 0 Å². The van der Waals surface area contributed by atoms with Gasteiger partial charge < -0.3 is 40.3 Å². The number of hydrogen-bond acceptors (Lipinski definition) is 9. The largest absolute Gasteiger partial charge is 0.480 e. The summed E-state index contributed by atoms with van der Waals surface area (Å²) in [6.45, 7) is 13.5. The number of hydrogen-bond donors (Lipinski definition) is 4. The van der Waals surface area contributed by atoms with Crippen LogP contribution in [0.5, 0.6) is 0 Å². The van der Waals surface area contributed by atoms with Gasteiger partial charge in [0.15, 0.2) is 0 Å². The maximum Gasteiger partial charge on any atom is 0.326 e. The Morgan fingerprint density at radius 2 is 1.63 bits per heavy atom. The van der Waals surface area contributed by atoms with Gasteiger partial charge in [0, 0.05) is 38.6 Å². The minimum Gasteiger partial charge on any atom is -0.480 e. The second-order valence-electron chi connectivity index (χ2n) is 15.4. The van der Waals surface area contributed by atoms with Crippen molar-refractivity contribution in [2.45, 2.75) is 129 Å². The Bertz CT molecular complexity index is 1360. The summed E-state index contributed by atoms with van der Waals surface area (Å²) in [5, 5.41) is 20.4. The summed E-state index contributed by atoms with van der Waals surface area (Å²) in [7, 11) is 6.51.